The van der Waals surface area contributed by atoms with Gasteiger partial charge in [-0.2, -0.15) is 26.3 Å². The topological polar surface area (TPSA) is 12.9 Å². The second-order valence-electron chi connectivity index (χ2n) is 4.07. The van der Waals surface area contributed by atoms with Crippen LogP contribution in [0.4, 0.5) is 30.7 Å². The highest BCUT2D eigenvalue weighted by molar-refractivity contribution is 5.65. The summed E-state index contributed by atoms with van der Waals surface area (Å²) in [6.07, 6.45) is -9.71. The first-order valence-corrected chi connectivity index (χ1v) is 5.51. The molecule has 1 aromatic carbocycles. The van der Waals surface area contributed by atoms with Crippen LogP contribution in [0.2, 0.25) is 0 Å². The van der Waals surface area contributed by atoms with Gasteiger partial charge in [0, 0.05) is 5.56 Å². The van der Waals surface area contributed by atoms with Crippen LogP contribution >= 0.6 is 0 Å². The fourth-order valence-electron chi connectivity index (χ4n) is 1.73. The molecule has 2 rings (SSSR count). The van der Waals surface area contributed by atoms with E-state index in [1.165, 1.54) is 0 Å². The quantitative estimate of drug-likeness (QED) is 0.681. The zero-order valence-corrected chi connectivity index (χ0v) is 10.1. The lowest BCUT2D eigenvalue weighted by atomic mass is 10.0. The number of pyridine rings is 1. The first kappa shape index (κ1) is 15.3. The van der Waals surface area contributed by atoms with E-state index < -0.39 is 40.7 Å². The van der Waals surface area contributed by atoms with Crippen LogP contribution in [0.5, 0.6) is 0 Å². The van der Waals surface area contributed by atoms with Gasteiger partial charge < -0.3 is 0 Å². The normalized spacial score (nSPS) is 12.5. The summed E-state index contributed by atoms with van der Waals surface area (Å²) >= 11 is 0. The highest BCUT2D eigenvalue weighted by Crippen LogP contribution is 2.38. The Kier molecular flexibility index (Phi) is 3.65. The standard InChI is InChI=1S/C13H6F7N/c14-9-5-6-10(13(18,19)20)21-11(9)7-3-1-2-4-8(7)12(15,16)17/h1-6H. The van der Waals surface area contributed by atoms with Crippen molar-refractivity contribution >= 4 is 0 Å². The first-order chi connectivity index (χ1) is 9.60. The molecule has 0 fully saturated rings. The van der Waals surface area contributed by atoms with Crippen molar-refractivity contribution in [3.05, 3.63) is 53.5 Å². The van der Waals surface area contributed by atoms with Gasteiger partial charge in [-0.25, -0.2) is 9.37 Å². The maximum atomic E-state index is 13.6. The lowest BCUT2D eigenvalue weighted by Gasteiger charge is -2.14. The van der Waals surface area contributed by atoms with Crippen molar-refractivity contribution < 1.29 is 30.7 Å². The second-order valence-corrected chi connectivity index (χ2v) is 4.07. The van der Waals surface area contributed by atoms with Crippen molar-refractivity contribution in [2.45, 2.75) is 12.4 Å². The first-order valence-electron chi connectivity index (χ1n) is 5.51. The summed E-state index contributed by atoms with van der Waals surface area (Å²) in [5.41, 5.74) is -4.45. The van der Waals surface area contributed by atoms with Crippen LogP contribution in [0.1, 0.15) is 11.3 Å². The van der Waals surface area contributed by atoms with E-state index in [1.807, 2.05) is 0 Å². The van der Waals surface area contributed by atoms with Gasteiger partial charge in [0.15, 0.2) is 0 Å². The van der Waals surface area contributed by atoms with E-state index in [2.05, 4.69) is 4.98 Å². The minimum absolute atomic E-state index is 0.370. The molecule has 0 saturated carbocycles. The van der Waals surface area contributed by atoms with Crippen molar-refractivity contribution in [1.82, 2.24) is 4.98 Å². The molecule has 0 bridgehead atoms. The highest BCUT2D eigenvalue weighted by Gasteiger charge is 2.36. The van der Waals surface area contributed by atoms with Gasteiger partial charge in [-0.3, -0.25) is 0 Å². The molecule has 112 valence electrons. The monoisotopic (exact) mass is 309 g/mol. The Morgan fingerprint density at radius 2 is 1.38 bits per heavy atom. The van der Waals surface area contributed by atoms with Gasteiger partial charge in [-0.15, -0.1) is 0 Å². The van der Waals surface area contributed by atoms with Crippen LogP contribution in [-0.2, 0) is 12.4 Å². The van der Waals surface area contributed by atoms with Crippen molar-refractivity contribution in [2.75, 3.05) is 0 Å². The Labute approximate surface area is 114 Å². The molecule has 0 aliphatic rings. The maximum absolute atomic E-state index is 13.6. The molecule has 0 saturated heterocycles. The molecular formula is C13H6F7N. The van der Waals surface area contributed by atoms with Gasteiger partial charge in [0.1, 0.15) is 17.2 Å². The van der Waals surface area contributed by atoms with Gasteiger partial charge >= 0.3 is 12.4 Å². The summed E-state index contributed by atoms with van der Waals surface area (Å²) < 4.78 is 89.7. The molecule has 0 N–H and O–H groups in total. The van der Waals surface area contributed by atoms with Gasteiger partial charge in [0.05, 0.1) is 5.56 Å². The smallest absolute Gasteiger partial charge is 0.240 e. The summed E-state index contributed by atoms with van der Waals surface area (Å²) in [5, 5.41) is 0. The summed E-state index contributed by atoms with van der Waals surface area (Å²) in [7, 11) is 0. The third kappa shape index (κ3) is 3.14. The molecule has 0 spiro atoms. The Balaban J connectivity index is 2.68. The highest BCUT2D eigenvalue weighted by atomic mass is 19.4. The molecule has 0 aliphatic carbocycles. The summed E-state index contributed by atoms with van der Waals surface area (Å²) in [4.78, 5) is 2.99. The van der Waals surface area contributed by atoms with Gasteiger partial charge in [0.2, 0.25) is 0 Å². The lowest BCUT2D eigenvalue weighted by molar-refractivity contribution is -0.141. The zero-order chi connectivity index (χ0) is 15.8. The molecule has 0 unspecified atom stereocenters. The fraction of sp³-hybridized carbons (Fsp3) is 0.154. The number of rotatable bonds is 1. The van der Waals surface area contributed by atoms with E-state index in [1.54, 1.807) is 0 Å². The van der Waals surface area contributed by atoms with E-state index in [4.69, 9.17) is 0 Å². The Hall–Kier alpha value is -2.12. The molecule has 2 aromatic rings. The number of aromatic nitrogens is 1. The third-order valence-electron chi connectivity index (χ3n) is 2.62. The van der Waals surface area contributed by atoms with Gasteiger partial charge in [-0.05, 0) is 18.2 Å². The van der Waals surface area contributed by atoms with E-state index in [0.717, 1.165) is 18.2 Å². The van der Waals surface area contributed by atoms with E-state index in [9.17, 15) is 30.7 Å². The van der Waals surface area contributed by atoms with Crippen molar-refractivity contribution in [3.8, 4) is 11.3 Å². The molecule has 0 aliphatic heterocycles. The number of nitrogens with zero attached hydrogens (tertiary/aromatic N) is 1. The number of hydrogen-bond acceptors (Lipinski definition) is 1. The van der Waals surface area contributed by atoms with Crippen molar-refractivity contribution in [3.63, 3.8) is 0 Å². The van der Waals surface area contributed by atoms with Crippen molar-refractivity contribution in [1.29, 1.82) is 0 Å². The largest absolute Gasteiger partial charge is 0.433 e. The third-order valence-corrected chi connectivity index (χ3v) is 2.62. The Morgan fingerprint density at radius 1 is 0.762 bits per heavy atom. The predicted octanol–water partition coefficient (Wildman–Crippen LogP) is 4.93. The molecule has 1 aromatic heterocycles. The Bertz CT molecular complexity index is 658. The van der Waals surface area contributed by atoms with Crippen LogP contribution in [0.15, 0.2) is 36.4 Å². The van der Waals surface area contributed by atoms with Crippen LogP contribution in [0.25, 0.3) is 11.3 Å². The average Bonchev–Trinajstić information content (AvgIpc) is 2.37. The minimum Gasteiger partial charge on any atom is -0.240 e. The number of halogens is 7. The molecule has 0 amide bonds. The van der Waals surface area contributed by atoms with Crippen LogP contribution in [-0.4, -0.2) is 4.98 Å². The number of alkyl halides is 6. The molecule has 0 atom stereocenters. The molecule has 8 heteroatoms. The van der Waals surface area contributed by atoms with Crippen molar-refractivity contribution in [2.24, 2.45) is 0 Å². The van der Waals surface area contributed by atoms with Crippen LogP contribution in [0, 0.1) is 5.82 Å². The molecular weight excluding hydrogens is 303 g/mol. The average molecular weight is 309 g/mol. The maximum Gasteiger partial charge on any atom is 0.433 e. The number of benzene rings is 1. The summed E-state index contributed by atoms with van der Waals surface area (Å²) in [6.45, 7) is 0. The number of hydrogen-bond donors (Lipinski definition) is 0. The van der Waals surface area contributed by atoms with Gasteiger partial charge in [0.25, 0.3) is 0 Å². The summed E-state index contributed by atoms with van der Waals surface area (Å²) in [5.74, 6) is -1.26. The Morgan fingerprint density at radius 3 is 1.95 bits per heavy atom. The van der Waals surface area contributed by atoms with E-state index >= 15 is 0 Å². The second kappa shape index (κ2) is 5.01. The SMILES string of the molecule is Fc1ccc(C(F)(F)F)nc1-c1ccccc1C(F)(F)F. The van der Waals surface area contributed by atoms with Gasteiger partial charge in [-0.1, -0.05) is 18.2 Å². The van der Waals surface area contributed by atoms with Crippen LogP contribution in [0.3, 0.4) is 0 Å². The summed E-state index contributed by atoms with van der Waals surface area (Å²) in [6, 6.07) is 4.54. The van der Waals surface area contributed by atoms with Crippen LogP contribution < -0.4 is 0 Å². The van der Waals surface area contributed by atoms with E-state index in [0.29, 0.717) is 18.2 Å². The fourth-order valence-corrected chi connectivity index (χ4v) is 1.73. The predicted molar refractivity (Wildman–Crippen MR) is 59.6 cm³/mol. The molecule has 1 heterocycles. The lowest BCUT2D eigenvalue weighted by Crippen LogP contribution is -2.11. The molecule has 21 heavy (non-hydrogen) atoms. The zero-order valence-electron chi connectivity index (χ0n) is 10.1. The molecule has 0 radical (unpaired) electrons. The minimum atomic E-state index is -4.88. The van der Waals surface area contributed by atoms with E-state index in [-0.39, 0.29) is 0 Å². The molecule has 1 nitrogen and oxygen atoms in total.